The Kier molecular flexibility index (Phi) is 7.13. The maximum absolute atomic E-state index is 13.6. The summed E-state index contributed by atoms with van der Waals surface area (Å²) in [6.07, 6.45) is 1.41. The zero-order valence-electron chi connectivity index (χ0n) is 15.5. The summed E-state index contributed by atoms with van der Waals surface area (Å²) in [4.78, 5) is 23.8. The van der Waals surface area contributed by atoms with Crippen molar-refractivity contribution in [3.8, 4) is 11.5 Å². The number of hydrogen-bond donors (Lipinski definition) is 1. The number of ether oxygens (including phenoxy) is 2. The SMILES string of the molecule is O=C(COc1ccccc1Cl)N/N=C/c1ccc(OC(=O)c2ccccc2F)cc1. The van der Waals surface area contributed by atoms with Gasteiger partial charge in [0.25, 0.3) is 5.91 Å². The lowest BCUT2D eigenvalue weighted by Crippen LogP contribution is -2.24. The Bertz CT molecular complexity index is 1070. The molecule has 0 bridgehead atoms. The number of esters is 1. The zero-order chi connectivity index (χ0) is 21.3. The van der Waals surface area contributed by atoms with Crippen molar-refractivity contribution >= 4 is 29.7 Å². The molecule has 8 heteroatoms. The molecule has 3 aromatic carbocycles. The summed E-state index contributed by atoms with van der Waals surface area (Å²) >= 11 is 5.94. The number of halogens is 2. The van der Waals surface area contributed by atoms with Crippen LogP contribution in [0.3, 0.4) is 0 Å². The second-order valence-corrected chi connectivity index (χ2v) is 6.36. The lowest BCUT2D eigenvalue weighted by Gasteiger charge is -2.06. The van der Waals surface area contributed by atoms with Crippen molar-refractivity contribution in [3.05, 3.63) is 94.8 Å². The topological polar surface area (TPSA) is 77.0 Å². The number of benzene rings is 3. The molecule has 152 valence electrons. The van der Waals surface area contributed by atoms with Crippen molar-refractivity contribution in [1.82, 2.24) is 5.43 Å². The highest BCUT2D eigenvalue weighted by Crippen LogP contribution is 2.22. The third kappa shape index (κ3) is 5.89. The fraction of sp³-hybridized carbons (Fsp3) is 0.0455. The van der Waals surface area contributed by atoms with Crippen LogP contribution in [0.1, 0.15) is 15.9 Å². The second kappa shape index (κ2) is 10.2. The molecular weight excluding hydrogens is 411 g/mol. The van der Waals surface area contributed by atoms with Gasteiger partial charge < -0.3 is 9.47 Å². The molecule has 0 unspecified atom stereocenters. The molecule has 1 N–H and O–H groups in total. The van der Waals surface area contributed by atoms with Gasteiger partial charge in [-0.25, -0.2) is 14.6 Å². The molecule has 0 aliphatic rings. The lowest BCUT2D eigenvalue weighted by atomic mass is 10.2. The highest BCUT2D eigenvalue weighted by molar-refractivity contribution is 6.32. The quantitative estimate of drug-likeness (QED) is 0.265. The number of hydrogen-bond acceptors (Lipinski definition) is 5. The van der Waals surface area contributed by atoms with E-state index in [0.717, 1.165) is 0 Å². The number of hydrazone groups is 1. The predicted molar refractivity (Wildman–Crippen MR) is 110 cm³/mol. The van der Waals surface area contributed by atoms with Gasteiger partial charge in [0, 0.05) is 0 Å². The zero-order valence-corrected chi connectivity index (χ0v) is 16.3. The van der Waals surface area contributed by atoms with Gasteiger partial charge in [0.1, 0.15) is 17.3 Å². The third-order valence-electron chi connectivity index (χ3n) is 3.78. The average Bonchev–Trinajstić information content (AvgIpc) is 2.74. The summed E-state index contributed by atoms with van der Waals surface area (Å²) in [7, 11) is 0. The molecule has 0 fully saturated rings. The first-order valence-corrected chi connectivity index (χ1v) is 9.17. The minimum Gasteiger partial charge on any atom is -0.482 e. The number of amides is 1. The normalized spacial score (nSPS) is 10.6. The molecule has 0 aliphatic heterocycles. The van der Waals surface area contributed by atoms with Gasteiger partial charge in [0.05, 0.1) is 16.8 Å². The van der Waals surface area contributed by atoms with Gasteiger partial charge in [0.2, 0.25) is 0 Å². The van der Waals surface area contributed by atoms with Gasteiger partial charge in [-0.15, -0.1) is 0 Å². The number of rotatable bonds is 7. The average molecular weight is 427 g/mol. The minimum absolute atomic E-state index is 0.148. The van der Waals surface area contributed by atoms with Crippen LogP contribution >= 0.6 is 11.6 Å². The summed E-state index contributed by atoms with van der Waals surface area (Å²) < 4.78 is 24.1. The lowest BCUT2D eigenvalue weighted by molar-refractivity contribution is -0.123. The molecule has 0 atom stereocenters. The molecule has 3 rings (SSSR count). The fourth-order valence-electron chi connectivity index (χ4n) is 2.33. The maximum atomic E-state index is 13.6. The largest absolute Gasteiger partial charge is 0.482 e. The second-order valence-electron chi connectivity index (χ2n) is 5.95. The van der Waals surface area contributed by atoms with Crippen LogP contribution in [0.5, 0.6) is 11.5 Å². The van der Waals surface area contributed by atoms with Crippen molar-refractivity contribution < 1.29 is 23.5 Å². The van der Waals surface area contributed by atoms with E-state index in [4.69, 9.17) is 21.1 Å². The van der Waals surface area contributed by atoms with Gasteiger partial charge in [-0.05, 0) is 54.1 Å². The summed E-state index contributed by atoms with van der Waals surface area (Å²) in [5.41, 5.74) is 2.83. The van der Waals surface area contributed by atoms with Crippen LogP contribution in [0.2, 0.25) is 5.02 Å². The van der Waals surface area contributed by atoms with E-state index >= 15 is 0 Å². The van der Waals surface area contributed by atoms with Crippen molar-refractivity contribution in [1.29, 1.82) is 0 Å². The fourth-order valence-corrected chi connectivity index (χ4v) is 2.52. The number of nitrogens with one attached hydrogen (secondary N) is 1. The highest BCUT2D eigenvalue weighted by Gasteiger charge is 2.13. The first kappa shape index (κ1) is 21.0. The van der Waals surface area contributed by atoms with Gasteiger partial charge in [-0.1, -0.05) is 35.9 Å². The number of carbonyl (C=O) groups excluding carboxylic acids is 2. The summed E-state index contributed by atoms with van der Waals surface area (Å²) in [5.74, 6) is -1.25. The molecule has 0 saturated carbocycles. The van der Waals surface area contributed by atoms with Crippen LogP contribution in [0, 0.1) is 5.82 Å². The summed E-state index contributed by atoms with van der Waals surface area (Å²) in [6, 6.07) is 18.7. The third-order valence-corrected chi connectivity index (χ3v) is 4.09. The van der Waals surface area contributed by atoms with E-state index in [0.29, 0.717) is 16.3 Å². The number of carbonyl (C=O) groups is 2. The van der Waals surface area contributed by atoms with Gasteiger partial charge in [-0.2, -0.15) is 5.10 Å². The van der Waals surface area contributed by atoms with Crippen LogP contribution in [0.25, 0.3) is 0 Å². The number of nitrogens with zero attached hydrogens (tertiary/aromatic N) is 1. The summed E-state index contributed by atoms with van der Waals surface area (Å²) in [6.45, 7) is -0.244. The first-order valence-electron chi connectivity index (χ1n) is 8.79. The van der Waals surface area contributed by atoms with Crippen molar-refractivity contribution in [2.75, 3.05) is 6.61 Å². The van der Waals surface area contributed by atoms with Crippen LogP contribution < -0.4 is 14.9 Å². The predicted octanol–water partition coefficient (Wildman–Crippen LogP) is 4.23. The van der Waals surface area contributed by atoms with E-state index < -0.39 is 17.7 Å². The molecule has 3 aromatic rings. The van der Waals surface area contributed by atoms with E-state index in [1.54, 1.807) is 42.5 Å². The Labute approximate surface area is 176 Å². The molecule has 0 radical (unpaired) electrons. The van der Waals surface area contributed by atoms with Crippen molar-refractivity contribution in [3.63, 3.8) is 0 Å². The summed E-state index contributed by atoms with van der Waals surface area (Å²) in [5, 5.41) is 4.24. The number of para-hydroxylation sites is 1. The van der Waals surface area contributed by atoms with E-state index in [-0.39, 0.29) is 17.9 Å². The van der Waals surface area contributed by atoms with E-state index in [1.807, 2.05) is 0 Å². The van der Waals surface area contributed by atoms with E-state index in [9.17, 15) is 14.0 Å². The Hall–Kier alpha value is -3.71. The Morgan fingerprint density at radius 3 is 2.43 bits per heavy atom. The van der Waals surface area contributed by atoms with Gasteiger partial charge in [0.15, 0.2) is 6.61 Å². The molecule has 0 heterocycles. The monoisotopic (exact) mass is 426 g/mol. The minimum atomic E-state index is -0.791. The standard InChI is InChI=1S/C22H16ClFN2O4/c23-18-6-2-4-8-20(18)29-14-21(27)26-25-13-15-9-11-16(12-10-15)30-22(28)17-5-1-3-7-19(17)24/h1-13H,14H2,(H,26,27)/b25-13+. The molecule has 0 saturated heterocycles. The molecule has 0 spiro atoms. The Morgan fingerprint density at radius 1 is 1.00 bits per heavy atom. The first-order chi connectivity index (χ1) is 14.5. The van der Waals surface area contributed by atoms with Gasteiger partial charge in [-0.3, -0.25) is 4.79 Å². The highest BCUT2D eigenvalue weighted by atomic mass is 35.5. The van der Waals surface area contributed by atoms with Crippen LogP contribution in [-0.4, -0.2) is 24.7 Å². The van der Waals surface area contributed by atoms with E-state index in [1.165, 1.54) is 36.5 Å². The van der Waals surface area contributed by atoms with Gasteiger partial charge >= 0.3 is 5.97 Å². The molecular formula is C22H16ClFN2O4. The smallest absolute Gasteiger partial charge is 0.346 e. The van der Waals surface area contributed by atoms with Crippen LogP contribution in [0.15, 0.2) is 77.9 Å². The Morgan fingerprint density at radius 2 is 1.70 bits per heavy atom. The molecule has 0 aliphatic carbocycles. The molecule has 0 aromatic heterocycles. The molecule has 6 nitrogen and oxygen atoms in total. The van der Waals surface area contributed by atoms with E-state index in [2.05, 4.69) is 10.5 Å². The van der Waals surface area contributed by atoms with Crippen molar-refractivity contribution in [2.24, 2.45) is 5.10 Å². The Balaban J connectivity index is 1.48. The van der Waals surface area contributed by atoms with Crippen LogP contribution in [0.4, 0.5) is 4.39 Å². The molecule has 30 heavy (non-hydrogen) atoms. The van der Waals surface area contributed by atoms with Crippen LogP contribution in [-0.2, 0) is 4.79 Å². The molecule has 1 amide bonds. The maximum Gasteiger partial charge on any atom is 0.346 e. The van der Waals surface area contributed by atoms with Crippen molar-refractivity contribution in [2.45, 2.75) is 0 Å².